The van der Waals surface area contributed by atoms with E-state index >= 15 is 0 Å². The number of amides is 1. The maximum atomic E-state index is 11.3. The van der Waals surface area contributed by atoms with Crippen molar-refractivity contribution in [2.24, 2.45) is 0 Å². The van der Waals surface area contributed by atoms with E-state index in [9.17, 15) is 9.59 Å². The van der Waals surface area contributed by atoms with E-state index in [0.29, 0.717) is 31.0 Å². The first-order valence-electron chi connectivity index (χ1n) is 6.17. The Labute approximate surface area is 100 Å². The zero-order chi connectivity index (χ0) is 11.8. The number of ketones is 1. The van der Waals surface area contributed by atoms with Gasteiger partial charge in [-0.15, -0.1) is 0 Å². The molecular weight excluding hydrogens is 214 g/mol. The quantitative estimate of drug-likeness (QED) is 0.803. The minimum Gasteiger partial charge on any atom is -0.326 e. The van der Waals surface area contributed by atoms with E-state index in [4.69, 9.17) is 0 Å². The third-order valence-corrected chi connectivity index (χ3v) is 3.77. The number of carbonyl (C=O) groups excluding carboxylic acids is 2. The molecular formula is C14H15NO2. The van der Waals surface area contributed by atoms with E-state index in [1.807, 2.05) is 6.07 Å². The van der Waals surface area contributed by atoms with E-state index in [1.165, 1.54) is 5.56 Å². The van der Waals surface area contributed by atoms with E-state index in [2.05, 4.69) is 17.4 Å². The van der Waals surface area contributed by atoms with Crippen LogP contribution in [0.5, 0.6) is 0 Å². The van der Waals surface area contributed by atoms with Crippen LogP contribution < -0.4 is 5.32 Å². The molecule has 1 amide bonds. The number of rotatable bonds is 1. The largest absolute Gasteiger partial charge is 0.326 e. The molecule has 88 valence electrons. The van der Waals surface area contributed by atoms with E-state index in [-0.39, 0.29) is 5.91 Å². The van der Waals surface area contributed by atoms with Gasteiger partial charge in [0.25, 0.3) is 0 Å². The van der Waals surface area contributed by atoms with Gasteiger partial charge >= 0.3 is 0 Å². The Morgan fingerprint density at radius 2 is 1.88 bits per heavy atom. The van der Waals surface area contributed by atoms with Gasteiger partial charge in [-0.25, -0.2) is 0 Å². The van der Waals surface area contributed by atoms with Crippen molar-refractivity contribution in [3.05, 3.63) is 29.3 Å². The minimum atomic E-state index is 0.0796. The van der Waals surface area contributed by atoms with Gasteiger partial charge in [0.15, 0.2) is 0 Å². The Hall–Kier alpha value is -1.64. The van der Waals surface area contributed by atoms with Crippen LogP contribution in [0, 0.1) is 0 Å². The minimum absolute atomic E-state index is 0.0796. The smallest absolute Gasteiger partial charge is 0.228 e. The van der Waals surface area contributed by atoms with Gasteiger partial charge in [-0.2, -0.15) is 0 Å². The number of carbonyl (C=O) groups is 2. The summed E-state index contributed by atoms with van der Waals surface area (Å²) in [5.74, 6) is 0.962. The highest BCUT2D eigenvalue weighted by molar-refractivity contribution is 5.99. The number of Topliss-reactive ketones (excluding diaryl/α,β-unsaturated/α-hetero) is 1. The number of fused-ring (bicyclic) bond motifs is 1. The van der Waals surface area contributed by atoms with Crippen LogP contribution in [0.1, 0.15) is 42.7 Å². The fraction of sp³-hybridized carbons (Fsp3) is 0.429. The molecule has 0 spiro atoms. The lowest BCUT2D eigenvalue weighted by molar-refractivity contribution is -0.120. The van der Waals surface area contributed by atoms with Gasteiger partial charge in [0.2, 0.25) is 5.91 Å². The molecule has 1 aromatic rings. The molecule has 0 radical (unpaired) electrons. The molecule has 1 N–H and O–H groups in total. The van der Waals surface area contributed by atoms with Crippen molar-refractivity contribution in [2.75, 3.05) is 5.32 Å². The van der Waals surface area contributed by atoms with Crippen LogP contribution in [0.15, 0.2) is 18.2 Å². The first-order chi connectivity index (χ1) is 8.22. The van der Waals surface area contributed by atoms with Crippen LogP contribution in [0.3, 0.4) is 0 Å². The highest BCUT2D eigenvalue weighted by Crippen LogP contribution is 2.34. The van der Waals surface area contributed by atoms with Gasteiger partial charge in [0.1, 0.15) is 5.78 Å². The molecule has 1 aromatic carbocycles. The van der Waals surface area contributed by atoms with Crippen molar-refractivity contribution >= 4 is 17.4 Å². The Bertz CT molecular complexity index is 483. The second-order valence-electron chi connectivity index (χ2n) is 4.95. The molecule has 0 atom stereocenters. The lowest BCUT2D eigenvalue weighted by atomic mass is 9.83. The molecule has 0 saturated heterocycles. The summed E-state index contributed by atoms with van der Waals surface area (Å²) in [4.78, 5) is 22.5. The predicted octanol–water partition coefficient (Wildman–Crippen LogP) is 2.41. The normalized spacial score (nSPS) is 20.2. The molecule has 1 heterocycles. The predicted molar refractivity (Wildman–Crippen MR) is 65.0 cm³/mol. The number of benzene rings is 1. The maximum absolute atomic E-state index is 11.3. The van der Waals surface area contributed by atoms with Gasteiger partial charge in [0, 0.05) is 18.5 Å². The average Bonchev–Trinajstić information content (AvgIpc) is 2.69. The third-order valence-electron chi connectivity index (χ3n) is 3.77. The van der Waals surface area contributed by atoms with Crippen molar-refractivity contribution in [2.45, 2.75) is 38.0 Å². The number of hydrogen-bond donors (Lipinski definition) is 1. The zero-order valence-electron chi connectivity index (χ0n) is 9.66. The van der Waals surface area contributed by atoms with E-state index in [1.54, 1.807) is 0 Å². The Morgan fingerprint density at radius 1 is 1.12 bits per heavy atom. The van der Waals surface area contributed by atoms with Crippen LogP contribution in [0.4, 0.5) is 5.69 Å². The highest BCUT2D eigenvalue weighted by atomic mass is 16.1. The fourth-order valence-corrected chi connectivity index (χ4v) is 2.78. The lowest BCUT2D eigenvalue weighted by Crippen LogP contribution is -2.12. The zero-order valence-corrected chi connectivity index (χ0v) is 9.66. The molecule has 1 fully saturated rings. The summed E-state index contributed by atoms with van der Waals surface area (Å²) in [6.45, 7) is 0. The van der Waals surface area contributed by atoms with E-state index in [0.717, 1.165) is 24.1 Å². The van der Waals surface area contributed by atoms with Crippen LogP contribution >= 0.6 is 0 Å². The molecule has 0 aromatic heterocycles. The Morgan fingerprint density at radius 3 is 2.65 bits per heavy atom. The van der Waals surface area contributed by atoms with Crippen molar-refractivity contribution in [3.8, 4) is 0 Å². The van der Waals surface area contributed by atoms with Crippen LogP contribution in [-0.2, 0) is 16.0 Å². The van der Waals surface area contributed by atoms with Crippen molar-refractivity contribution < 1.29 is 9.59 Å². The first-order valence-corrected chi connectivity index (χ1v) is 6.17. The summed E-state index contributed by atoms with van der Waals surface area (Å²) >= 11 is 0. The summed E-state index contributed by atoms with van der Waals surface area (Å²) in [6.07, 6.45) is 3.82. The molecule has 3 nitrogen and oxygen atoms in total. The SMILES string of the molecule is O=C1CCC(c2ccc3c(c2)CC(=O)N3)CC1. The van der Waals surface area contributed by atoms with Gasteiger partial charge in [-0.1, -0.05) is 12.1 Å². The first kappa shape index (κ1) is 10.5. The molecule has 3 heteroatoms. The Balaban J connectivity index is 1.83. The molecule has 17 heavy (non-hydrogen) atoms. The van der Waals surface area contributed by atoms with Crippen LogP contribution in [0.25, 0.3) is 0 Å². The second kappa shape index (κ2) is 3.99. The highest BCUT2D eigenvalue weighted by Gasteiger charge is 2.23. The fourth-order valence-electron chi connectivity index (χ4n) is 2.78. The summed E-state index contributed by atoms with van der Waals surface area (Å²) in [5, 5.41) is 2.84. The number of anilines is 1. The molecule has 1 aliphatic carbocycles. The molecule has 2 aliphatic rings. The lowest BCUT2D eigenvalue weighted by Gasteiger charge is -2.21. The second-order valence-corrected chi connectivity index (χ2v) is 4.95. The topological polar surface area (TPSA) is 46.2 Å². The molecule has 0 bridgehead atoms. The number of hydrogen-bond acceptors (Lipinski definition) is 2. The van der Waals surface area contributed by atoms with Gasteiger partial charge < -0.3 is 5.32 Å². The standard InChI is InChI=1S/C14H15NO2/c16-12-4-1-9(2-5-12)10-3-6-13-11(7-10)8-14(17)15-13/h3,6-7,9H,1-2,4-5,8H2,(H,15,17). The van der Waals surface area contributed by atoms with Crippen molar-refractivity contribution in [3.63, 3.8) is 0 Å². The van der Waals surface area contributed by atoms with Gasteiger partial charge in [-0.3, -0.25) is 9.59 Å². The van der Waals surface area contributed by atoms with Crippen molar-refractivity contribution in [1.29, 1.82) is 0 Å². The average molecular weight is 229 g/mol. The number of nitrogens with one attached hydrogen (secondary N) is 1. The van der Waals surface area contributed by atoms with Crippen molar-refractivity contribution in [1.82, 2.24) is 0 Å². The van der Waals surface area contributed by atoms with Gasteiger partial charge in [0.05, 0.1) is 6.42 Å². The monoisotopic (exact) mass is 229 g/mol. The molecule has 3 rings (SSSR count). The maximum Gasteiger partial charge on any atom is 0.228 e. The third kappa shape index (κ3) is 1.97. The summed E-state index contributed by atoms with van der Waals surface area (Å²) in [5.41, 5.74) is 3.34. The van der Waals surface area contributed by atoms with E-state index < -0.39 is 0 Å². The Kier molecular flexibility index (Phi) is 2.46. The van der Waals surface area contributed by atoms with Crippen LogP contribution in [0.2, 0.25) is 0 Å². The summed E-state index contributed by atoms with van der Waals surface area (Å²) in [6, 6.07) is 6.21. The van der Waals surface area contributed by atoms with Gasteiger partial charge in [-0.05, 0) is 36.0 Å². The molecule has 1 saturated carbocycles. The van der Waals surface area contributed by atoms with Crippen LogP contribution in [-0.4, -0.2) is 11.7 Å². The summed E-state index contributed by atoms with van der Waals surface area (Å²) < 4.78 is 0. The molecule has 0 unspecified atom stereocenters. The summed E-state index contributed by atoms with van der Waals surface area (Å²) in [7, 11) is 0. The molecule has 1 aliphatic heterocycles.